The minimum Gasteiger partial charge on any atom is -0.192 e. The number of thiophene rings is 2. The molecule has 12 rings (SSSR count). The molecule has 2 heterocycles. The van der Waals surface area contributed by atoms with Crippen LogP contribution < -0.4 is 0 Å². The molecule has 0 atom stereocenters. The predicted octanol–water partition coefficient (Wildman–Crippen LogP) is 17.8. The smallest absolute Gasteiger partial charge is 0.0998 e. The molecule has 0 spiro atoms. The van der Waals surface area contributed by atoms with Crippen LogP contribution in [0.25, 0.3) is 118 Å². The number of nitriles is 2. The van der Waals surface area contributed by atoms with Gasteiger partial charge in [0.25, 0.3) is 0 Å². The van der Waals surface area contributed by atoms with Gasteiger partial charge in [0.2, 0.25) is 0 Å². The van der Waals surface area contributed by atoms with E-state index >= 15 is 0 Å². The van der Waals surface area contributed by atoms with Crippen LogP contribution in [0, 0.1) is 22.7 Å². The third-order valence-electron chi connectivity index (χ3n) is 12.8. The number of hydrogen-bond acceptors (Lipinski definition) is 4. The standard InChI is InChI=1S/C62H36N2S2/c63-37-44-21-14-22-45(38-64)60(44)46-33-50(39-15-4-1-5-16-39)62(51(34-46)40-17-6-2-7-18-40)47-35-52(42-27-29-58-54(31-42)48-23-10-12-25-56(48)65-58)61(41-19-8-3-9-20-41)53(36-47)43-28-30-59-55(32-43)49-24-11-13-26-57(49)66-59/h1-36H. The van der Waals surface area contributed by atoms with E-state index in [9.17, 15) is 10.5 Å². The van der Waals surface area contributed by atoms with Crippen LogP contribution in [0.2, 0.25) is 0 Å². The Balaban J connectivity index is 1.24. The maximum Gasteiger partial charge on any atom is 0.0998 e. The van der Waals surface area contributed by atoms with Crippen molar-refractivity contribution in [3.8, 4) is 90.0 Å². The van der Waals surface area contributed by atoms with E-state index < -0.39 is 0 Å². The van der Waals surface area contributed by atoms with Crippen LogP contribution in [-0.4, -0.2) is 0 Å². The van der Waals surface area contributed by atoms with Gasteiger partial charge in [0.15, 0.2) is 0 Å². The summed E-state index contributed by atoms with van der Waals surface area (Å²) < 4.78 is 5.07. The number of hydrogen-bond donors (Lipinski definition) is 0. The Kier molecular flexibility index (Phi) is 9.70. The molecule has 0 aliphatic carbocycles. The lowest BCUT2D eigenvalue weighted by molar-refractivity contribution is 1.44. The van der Waals surface area contributed by atoms with Crippen LogP contribution in [0.15, 0.2) is 218 Å². The van der Waals surface area contributed by atoms with Gasteiger partial charge in [0, 0.05) is 45.9 Å². The highest BCUT2D eigenvalue weighted by Gasteiger charge is 2.24. The molecule has 10 aromatic carbocycles. The topological polar surface area (TPSA) is 47.6 Å². The third kappa shape index (κ3) is 6.68. The molecule has 306 valence electrons. The summed E-state index contributed by atoms with van der Waals surface area (Å²) in [4.78, 5) is 0. The third-order valence-corrected chi connectivity index (χ3v) is 15.1. The molecule has 0 N–H and O–H groups in total. The first-order chi connectivity index (χ1) is 32.6. The van der Waals surface area contributed by atoms with Crippen molar-refractivity contribution in [2.45, 2.75) is 0 Å². The van der Waals surface area contributed by atoms with E-state index in [1.54, 1.807) is 18.2 Å². The van der Waals surface area contributed by atoms with Crippen molar-refractivity contribution in [3.63, 3.8) is 0 Å². The molecule has 0 bridgehead atoms. The molecule has 12 aromatic rings. The second-order valence-electron chi connectivity index (χ2n) is 16.6. The Labute approximate surface area is 390 Å². The highest BCUT2D eigenvalue weighted by atomic mass is 32.1. The molecule has 0 unspecified atom stereocenters. The predicted molar refractivity (Wildman–Crippen MR) is 280 cm³/mol. The molecular weight excluding hydrogens is 837 g/mol. The molecule has 0 aliphatic rings. The monoisotopic (exact) mass is 872 g/mol. The largest absolute Gasteiger partial charge is 0.192 e. The molecule has 0 aliphatic heterocycles. The fourth-order valence-electron chi connectivity index (χ4n) is 9.78. The van der Waals surface area contributed by atoms with E-state index in [2.05, 4.69) is 200 Å². The average Bonchev–Trinajstić information content (AvgIpc) is 3.96. The van der Waals surface area contributed by atoms with E-state index in [0.29, 0.717) is 16.7 Å². The number of fused-ring (bicyclic) bond motifs is 6. The first-order valence-corrected chi connectivity index (χ1v) is 23.6. The van der Waals surface area contributed by atoms with Crippen molar-refractivity contribution in [3.05, 3.63) is 230 Å². The van der Waals surface area contributed by atoms with Gasteiger partial charge in [-0.25, -0.2) is 0 Å². The summed E-state index contributed by atoms with van der Waals surface area (Å²) in [7, 11) is 0. The van der Waals surface area contributed by atoms with Gasteiger partial charge in [-0.1, -0.05) is 146 Å². The maximum absolute atomic E-state index is 10.5. The SMILES string of the molecule is N#Cc1cccc(C#N)c1-c1cc(-c2ccccc2)c(-c2cc(-c3ccc4sc5ccccc5c4c3)c(-c3ccccc3)c(-c3ccc4sc5ccccc5c4c3)c2)c(-c2ccccc2)c1. The summed E-state index contributed by atoms with van der Waals surface area (Å²) in [6.07, 6.45) is 0. The zero-order valence-corrected chi connectivity index (χ0v) is 37.1. The van der Waals surface area contributed by atoms with E-state index in [1.165, 1.54) is 40.3 Å². The fraction of sp³-hybridized carbons (Fsp3) is 0. The first-order valence-electron chi connectivity index (χ1n) is 21.9. The Morgan fingerprint density at radius 1 is 0.258 bits per heavy atom. The maximum atomic E-state index is 10.5. The summed E-state index contributed by atoms with van der Waals surface area (Å²) in [6, 6.07) is 82.6. The van der Waals surface area contributed by atoms with Gasteiger partial charge in [-0.3, -0.25) is 0 Å². The Hall–Kier alpha value is -8.38. The van der Waals surface area contributed by atoms with Crippen LogP contribution in [0.1, 0.15) is 11.1 Å². The Bertz CT molecular complexity index is 3710. The lowest BCUT2D eigenvalue weighted by Gasteiger charge is -2.23. The minimum absolute atomic E-state index is 0.462. The molecular formula is C62H36N2S2. The van der Waals surface area contributed by atoms with Crippen molar-refractivity contribution in [2.24, 2.45) is 0 Å². The highest BCUT2D eigenvalue weighted by Crippen LogP contribution is 2.50. The van der Waals surface area contributed by atoms with E-state index in [1.807, 2.05) is 34.8 Å². The summed E-state index contributed by atoms with van der Waals surface area (Å²) in [5.41, 5.74) is 15.4. The lowest BCUT2D eigenvalue weighted by Crippen LogP contribution is -1.98. The number of nitrogens with zero attached hydrogens (tertiary/aromatic N) is 2. The molecule has 0 radical (unpaired) electrons. The van der Waals surface area contributed by atoms with Crippen molar-refractivity contribution in [2.75, 3.05) is 0 Å². The summed E-state index contributed by atoms with van der Waals surface area (Å²) in [6.45, 7) is 0. The second kappa shape index (κ2) is 16.3. The molecule has 0 amide bonds. The van der Waals surface area contributed by atoms with E-state index in [4.69, 9.17) is 0 Å². The van der Waals surface area contributed by atoms with Gasteiger partial charge in [-0.15, -0.1) is 22.7 Å². The van der Waals surface area contributed by atoms with Crippen LogP contribution in [0.4, 0.5) is 0 Å². The van der Waals surface area contributed by atoms with Crippen molar-refractivity contribution in [1.82, 2.24) is 0 Å². The van der Waals surface area contributed by atoms with Crippen LogP contribution in [0.5, 0.6) is 0 Å². The molecule has 0 fully saturated rings. The van der Waals surface area contributed by atoms with Crippen molar-refractivity contribution in [1.29, 1.82) is 10.5 Å². The van der Waals surface area contributed by atoms with Gasteiger partial charge in [0.1, 0.15) is 0 Å². The summed E-state index contributed by atoms with van der Waals surface area (Å²) >= 11 is 3.67. The van der Waals surface area contributed by atoms with Crippen LogP contribution in [-0.2, 0) is 0 Å². The zero-order chi connectivity index (χ0) is 44.1. The van der Waals surface area contributed by atoms with Gasteiger partial charge in [-0.05, 0) is 145 Å². The lowest BCUT2D eigenvalue weighted by atomic mass is 9.80. The molecule has 0 saturated carbocycles. The van der Waals surface area contributed by atoms with Crippen molar-refractivity contribution >= 4 is 63.0 Å². The summed E-state index contributed by atoms with van der Waals surface area (Å²) in [5, 5.41) is 25.9. The average molecular weight is 873 g/mol. The molecule has 2 aromatic heterocycles. The van der Waals surface area contributed by atoms with Gasteiger partial charge < -0.3 is 0 Å². The Morgan fingerprint density at radius 2 is 0.621 bits per heavy atom. The molecule has 0 saturated heterocycles. The van der Waals surface area contributed by atoms with E-state index in [0.717, 1.165) is 72.3 Å². The normalized spacial score (nSPS) is 11.3. The summed E-state index contributed by atoms with van der Waals surface area (Å²) in [5.74, 6) is 0. The quantitative estimate of drug-likeness (QED) is 0.160. The first kappa shape index (κ1) is 39.2. The minimum atomic E-state index is 0.462. The second-order valence-corrected chi connectivity index (χ2v) is 18.7. The number of rotatable bonds is 7. The fourth-order valence-corrected chi connectivity index (χ4v) is 12.0. The van der Waals surface area contributed by atoms with Crippen LogP contribution >= 0.6 is 22.7 Å². The van der Waals surface area contributed by atoms with Gasteiger partial charge in [-0.2, -0.15) is 10.5 Å². The van der Waals surface area contributed by atoms with E-state index in [-0.39, 0.29) is 0 Å². The van der Waals surface area contributed by atoms with Gasteiger partial charge in [0.05, 0.1) is 23.3 Å². The number of benzene rings is 10. The molecule has 66 heavy (non-hydrogen) atoms. The van der Waals surface area contributed by atoms with Crippen LogP contribution in [0.3, 0.4) is 0 Å². The van der Waals surface area contributed by atoms with Crippen molar-refractivity contribution < 1.29 is 0 Å². The zero-order valence-electron chi connectivity index (χ0n) is 35.5. The Morgan fingerprint density at radius 3 is 1.08 bits per heavy atom. The molecule has 2 nitrogen and oxygen atoms in total. The molecule has 4 heteroatoms. The highest BCUT2D eigenvalue weighted by molar-refractivity contribution is 7.26. The van der Waals surface area contributed by atoms with Gasteiger partial charge >= 0.3 is 0 Å².